The van der Waals surface area contributed by atoms with E-state index in [4.69, 9.17) is 0 Å². The van der Waals surface area contributed by atoms with E-state index in [0.717, 1.165) is 48.9 Å². The highest BCUT2D eigenvalue weighted by atomic mass is 16.2. The molecular weight excluding hydrogens is 274 g/mol. The second-order valence-electron chi connectivity index (χ2n) is 7.03. The summed E-state index contributed by atoms with van der Waals surface area (Å²) in [5, 5.41) is 0. The summed E-state index contributed by atoms with van der Waals surface area (Å²) in [6.07, 6.45) is 5.06. The molecular formula is C19H23NO2. The molecule has 0 unspecified atom stereocenters. The molecule has 4 atom stereocenters. The summed E-state index contributed by atoms with van der Waals surface area (Å²) in [5.41, 5.74) is 3.14. The average molecular weight is 297 g/mol. The van der Waals surface area contributed by atoms with Crippen LogP contribution in [0.3, 0.4) is 0 Å². The predicted octanol–water partition coefficient (Wildman–Crippen LogP) is 3.35. The molecule has 1 aromatic carbocycles. The molecule has 3 nitrogen and oxygen atoms in total. The third-order valence-corrected chi connectivity index (χ3v) is 6.12. The van der Waals surface area contributed by atoms with E-state index in [-0.39, 0.29) is 23.7 Å². The van der Waals surface area contributed by atoms with Crippen LogP contribution in [0.2, 0.25) is 0 Å². The van der Waals surface area contributed by atoms with E-state index in [1.165, 1.54) is 0 Å². The monoisotopic (exact) mass is 297 g/mol. The lowest BCUT2D eigenvalue weighted by Gasteiger charge is -2.23. The molecule has 1 aromatic rings. The normalized spacial score (nSPS) is 32.9. The molecule has 1 heterocycles. The van der Waals surface area contributed by atoms with Gasteiger partial charge in [-0.15, -0.1) is 0 Å². The van der Waals surface area contributed by atoms with Crippen molar-refractivity contribution in [1.29, 1.82) is 0 Å². The Morgan fingerprint density at radius 1 is 0.955 bits per heavy atom. The van der Waals surface area contributed by atoms with E-state index in [9.17, 15) is 9.59 Å². The van der Waals surface area contributed by atoms with Crippen molar-refractivity contribution in [3.8, 4) is 0 Å². The maximum Gasteiger partial charge on any atom is 0.237 e. The number of carbonyl (C=O) groups excluding carboxylic acids is 2. The Balaban J connectivity index is 1.81. The van der Waals surface area contributed by atoms with Gasteiger partial charge in [-0.1, -0.05) is 32.0 Å². The van der Waals surface area contributed by atoms with E-state index < -0.39 is 0 Å². The molecule has 4 rings (SSSR count). The molecule has 3 fully saturated rings. The molecule has 1 aliphatic heterocycles. The number of aryl methyl sites for hydroxylation is 2. The molecule has 3 heteroatoms. The minimum Gasteiger partial charge on any atom is -0.274 e. The average Bonchev–Trinajstić information content (AvgIpc) is 3.21. The predicted molar refractivity (Wildman–Crippen MR) is 85.5 cm³/mol. The van der Waals surface area contributed by atoms with Crippen LogP contribution in [-0.4, -0.2) is 11.8 Å². The lowest BCUT2D eigenvalue weighted by atomic mass is 9.81. The first-order chi connectivity index (χ1) is 10.7. The Morgan fingerprint density at radius 2 is 1.45 bits per heavy atom. The zero-order chi connectivity index (χ0) is 15.4. The van der Waals surface area contributed by atoms with Crippen molar-refractivity contribution in [2.24, 2.45) is 23.7 Å². The minimum absolute atomic E-state index is 0.0270. The second-order valence-corrected chi connectivity index (χ2v) is 7.03. The summed E-state index contributed by atoms with van der Waals surface area (Å²) < 4.78 is 0. The first kappa shape index (κ1) is 14.0. The van der Waals surface area contributed by atoms with Gasteiger partial charge in [-0.05, 0) is 55.1 Å². The third kappa shape index (κ3) is 1.68. The third-order valence-electron chi connectivity index (χ3n) is 6.12. The van der Waals surface area contributed by atoms with Crippen LogP contribution in [0, 0.1) is 23.7 Å². The fraction of sp³-hybridized carbons (Fsp3) is 0.579. The Bertz CT molecular complexity index is 601. The molecule has 22 heavy (non-hydrogen) atoms. The van der Waals surface area contributed by atoms with Gasteiger partial charge < -0.3 is 0 Å². The van der Waals surface area contributed by atoms with Gasteiger partial charge in [-0.25, -0.2) is 4.90 Å². The van der Waals surface area contributed by atoms with Crippen LogP contribution in [0.15, 0.2) is 18.2 Å². The van der Waals surface area contributed by atoms with E-state index in [1.807, 2.05) is 6.07 Å². The number of hydrogen-bond donors (Lipinski definition) is 0. The number of hydrogen-bond acceptors (Lipinski definition) is 2. The summed E-state index contributed by atoms with van der Waals surface area (Å²) in [5.74, 6) is 1.02. The Labute approximate surface area is 131 Å². The zero-order valence-electron chi connectivity index (χ0n) is 13.3. The first-order valence-corrected chi connectivity index (χ1v) is 8.65. The molecule has 2 bridgehead atoms. The highest BCUT2D eigenvalue weighted by molar-refractivity contribution is 6.23. The fourth-order valence-electron chi connectivity index (χ4n) is 5.13. The van der Waals surface area contributed by atoms with Crippen LogP contribution in [0.1, 0.15) is 44.2 Å². The van der Waals surface area contributed by atoms with Gasteiger partial charge in [0.1, 0.15) is 0 Å². The van der Waals surface area contributed by atoms with Gasteiger partial charge in [0.2, 0.25) is 11.8 Å². The van der Waals surface area contributed by atoms with Crippen molar-refractivity contribution in [3.05, 3.63) is 29.3 Å². The molecule has 0 aromatic heterocycles. The first-order valence-electron chi connectivity index (χ1n) is 8.65. The highest BCUT2D eigenvalue weighted by Crippen LogP contribution is 2.57. The molecule has 0 N–H and O–H groups in total. The quantitative estimate of drug-likeness (QED) is 0.802. The van der Waals surface area contributed by atoms with E-state index in [0.29, 0.717) is 11.8 Å². The summed E-state index contributed by atoms with van der Waals surface area (Å²) >= 11 is 0. The Kier molecular flexibility index (Phi) is 3.14. The summed E-state index contributed by atoms with van der Waals surface area (Å²) in [7, 11) is 0. The van der Waals surface area contributed by atoms with E-state index in [2.05, 4.69) is 26.0 Å². The van der Waals surface area contributed by atoms with Gasteiger partial charge in [0, 0.05) is 0 Å². The number of anilines is 1. The van der Waals surface area contributed by atoms with Crippen molar-refractivity contribution >= 4 is 17.5 Å². The van der Waals surface area contributed by atoms with Crippen molar-refractivity contribution in [1.82, 2.24) is 0 Å². The lowest BCUT2D eigenvalue weighted by molar-refractivity contribution is -0.123. The molecule has 116 valence electrons. The topological polar surface area (TPSA) is 37.4 Å². The van der Waals surface area contributed by atoms with Crippen molar-refractivity contribution in [2.75, 3.05) is 4.90 Å². The largest absolute Gasteiger partial charge is 0.274 e. The van der Waals surface area contributed by atoms with Crippen LogP contribution >= 0.6 is 0 Å². The van der Waals surface area contributed by atoms with Gasteiger partial charge in [0.25, 0.3) is 0 Å². The number of imide groups is 1. The summed E-state index contributed by atoms with van der Waals surface area (Å²) in [6, 6.07) is 6.15. The van der Waals surface area contributed by atoms with Crippen LogP contribution in [0.4, 0.5) is 5.69 Å². The molecule has 2 saturated carbocycles. The number of carbonyl (C=O) groups is 2. The van der Waals surface area contributed by atoms with Crippen molar-refractivity contribution in [2.45, 2.75) is 46.0 Å². The number of amides is 2. The van der Waals surface area contributed by atoms with Gasteiger partial charge in [0.15, 0.2) is 0 Å². The van der Waals surface area contributed by atoms with Crippen molar-refractivity contribution in [3.63, 3.8) is 0 Å². The van der Waals surface area contributed by atoms with E-state index in [1.54, 1.807) is 4.90 Å². The molecule has 1 saturated heterocycles. The molecule has 0 spiro atoms. The van der Waals surface area contributed by atoms with E-state index >= 15 is 0 Å². The standard InChI is InChI=1S/C19H23NO2/c1-3-11-6-5-7-12(4-2)17(11)20-18(21)15-13-8-9-14(10-13)16(15)19(20)22/h5-7,13-16H,3-4,8-10H2,1-2H3/t13-,14+,15-,16-/m0/s1. The maximum atomic E-state index is 13.0. The zero-order valence-corrected chi connectivity index (χ0v) is 13.3. The summed E-state index contributed by atoms with van der Waals surface area (Å²) in [6.45, 7) is 4.18. The van der Waals surface area contributed by atoms with Gasteiger partial charge in [0.05, 0.1) is 17.5 Å². The number of para-hydroxylation sites is 1. The van der Waals surface area contributed by atoms with Gasteiger partial charge in [-0.2, -0.15) is 0 Å². The lowest BCUT2D eigenvalue weighted by Crippen LogP contribution is -2.34. The number of fused-ring (bicyclic) bond motifs is 5. The maximum absolute atomic E-state index is 13.0. The molecule has 2 aliphatic carbocycles. The smallest absolute Gasteiger partial charge is 0.237 e. The SMILES string of the molecule is CCc1cccc(CC)c1N1C(=O)[C@H]2[C@@H]3CC[C@@H](C3)[C@@H]2C1=O. The van der Waals surface area contributed by atoms with Gasteiger partial charge >= 0.3 is 0 Å². The van der Waals surface area contributed by atoms with Crippen LogP contribution < -0.4 is 4.90 Å². The number of rotatable bonds is 3. The summed E-state index contributed by atoms with van der Waals surface area (Å²) in [4.78, 5) is 27.6. The minimum atomic E-state index is -0.0270. The Morgan fingerprint density at radius 3 is 1.91 bits per heavy atom. The highest BCUT2D eigenvalue weighted by Gasteiger charge is 2.61. The molecule has 2 amide bonds. The number of benzene rings is 1. The Hall–Kier alpha value is -1.64. The second kappa shape index (κ2) is 4.94. The molecule has 3 aliphatic rings. The van der Waals surface area contributed by atoms with Crippen LogP contribution in [0.25, 0.3) is 0 Å². The molecule has 0 radical (unpaired) electrons. The van der Waals surface area contributed by atoms with Gasteiger partial charge in [-0.3, -0.25) is 9.59 Å². The fourth-order valence-corrected chi connectivity index (χ4v) is 5.13. The van der Waals surface area contributed by atoms with Crippen molar-refractivity contribution < 1.29 is 9.59 Å². The van der Waals surface area contributed by atoms with Crippen LogP contribution in [0.5, 0.6) is 0 Å². The number of nitrogens with zero attached hydrogens (tertiary/aromatic N) is 1. The van der Waals surface area contributed by atoms with Crippen LogP contribution in [-0.2, 0) is 22.4 Å².